The zero-order valence-electron chi connectivity index (χ0n) is 7.68. The number of rotatable bonds is 2. The van der Waals surface area contributed by atoms with E-state index in [4.69, 9.17) is 5.73 Å². The largest absolute Gasteiger partial charge is 0.380 e. The van der Waals surface area contributed by atoms with Gasteiger partial charge >= 0.3 is 0 Å². The Balaban J connectivity index is 2.23. The van der Waals surface area contributed by atoms with Crippen LogP contribution < -0.4 is 11.1 Å². The van der Waals surface area contributed by atoms with Crippen LogP contribution in [0.5, 0.6) is 0 Å². The van der Waals surface area contributed by atoms with E-state index in [0.29, 0.717) is 17.5 Å². The van der Waals surface area contributed by atoms with Crippen molar-refractivity contribution in [1.29, 1.82) is 0 Å². The lowest BCUT2D eigenvalue weighted by molar-refractivity contribution is 0.772. The van der Waals surface area contributed by atoms with Crippen LogP contribution in [0.4, 0.5) is 17.5 Å². The summed E-state index contributed by atoms with van der Waals surface area (Å²) in [6.07, 6.45) is 5.08. The van der Waals surface area contributed by atoms with Crippen molar-refractivity contribution in [3.05, 3.63) is 24.7 Å². The van der Waals surface area contributed by atoms with Crippen molar-refractivity contribution < 1.29 is 0 Å². The lowest BCUT2D eigenvalue weighted by atomic mass is 10.5. The molecular formula is C8H10N6. The van der Waals surface area contributed by atoms with Gasteiger partial charge in [0.15, 0.2) is 5.82 Å². The minimum absolute atomic E-state index is 0.431. The van der Waals surface area contributed by atoms with Gasteiger partial charge in [0.1, 0.15) is 5.69 Å². The number of anilines is 3. The molecule has 0 aromatic carbocycles. The topological polar surface area (TPSA) is 81.7 Å². The summed E-state index contributed by atoms with van der Waals surface area (Å²) in [7, 11) is 1.80. The second-order valence-corrected chi connectivity index (χ2v) is 2.80. The molecule has 2 heterocycles. The fourth-order valence-electron chi connectivity index (χ4n) is 1.09. The van der Waals surface area contributed by atoms with E-state index < -0.39 is 0 Å². The van der Waals surface area contributed by atoms with Crippen molar-refractivity contribution in [3.8, 4) is 0 Å². The molecule has 0 radical (unpaired) electrons. The molecule has 6 nitrogen and oxygen atoms in total. The van der Waals surface area contributed by atoms with E-state index in [1.807, 2.05) is 0 Å². The highest BCUT2D eigenvalue weighted by molar-refractivity contribution is 5.65. The van der Waals surface area contributed by atoms with Gasteiger partial charge in [-0.15, -0.1) is 0 Å². The molecule has 0 amide bonds. The fourth-order valence-corrected chi connectivity index (χ4v) is 1.09. The molecule has 0 saturated carbocycles. The van der Waals surface area contributed by atoms with Crippen LogP contribution in [0.3, 0.4) is 0 Å². The molecule has 0 bridgehead atoms. The van der Waals surface area contributed by atoms with Gasteiger partial charge in [-0.1, -0.05) is 0 Å². The molecule has 14 heavy (non-hydrogen) atoms. The summed E-state index contributed by atoms with van der Waals surface area (Å²) < 4.78 is 1.63. The summed E-state index contributed by atoms with van der Waals surface area (Å²) >= 11 is 0. The second kappa shape index (κ2) is 3.33. The quantitative estimate of drug-likeness (QED) is 0.722. The zero-order chi connectivity index (χ0) is 9.97. The van der Waals surface area contributed by atoms with E-state index in [-0.39, 0.29) is 0 Å². The van der Waals surface area contributed by atoms with Gasteiger partial charge in [-0.3, -0.25) is 4.68 Å². The molecule has 72 valence electrons. The molecule has 0 unspecified atom stereocenters. The minimum atomic E-state index is 0.431. The van der Waals surface area contributed by atoms with Crippen LogP contribution in [0.15, 0.2) is 24.7 Å². The maximum Gasteiger partial charge on any atom is 0.227 e. The van der Waals surface area contributed by atoms with Gasteiger partial charge < -0.3 is 11.1 Å². The molecule has 2 aromatic heterocycles. The molecule has 3 N–H and O–H groups in total. The summed E-state index contributed by atoms with van der Waals surface area (Å²) in [5, 5.41) is 6.95. The van der Waals surface area contributed by atoms with Crippen molar-refractivity contribution in [2.24, 2.45) is 7.05 Å². The van der Waals surface area contributed by atoms with Crippen LogP contribution in [0.2, 0.25) is 0 Å². The highest BCUT2D eigenvalue weighted by Crippen LogP contribution is 2.17. The Morgan fingerprint density at radius 1 is 1.36 bits per heavy atom. The summed E-state index contributed by atoms with van der Waals surface area (Å²) in [5.74, 6) is 0.937. The van der Waals surface area contributed by atoms with Gasteiger partial charge in [0.05, 0.1) is 6.20 Å². The van der Waals surface area contributed by atoms with E-state index >= 15 is 0 Å². The van der Waals surface area contributed by atoms with Crippen LogP contribution in [-0.2, 0) is 7.05 Å². The molecular weight excluding hydrogens is 180 g/mol. The summed E-state index contributed by atoms with van der Waals surface area (Å²) in [6.45, 7) is 0. The van der Waals surface area contributed by atoms with Crippen LogP contribution >= 0.6 is 0 Å². The summed E-state index contributed by atoms with van der Waals surface area (Å²) in [5.41, 5.74) is 6.35. The van der Waals surface area contributed by atoms with Crippen LogP contribution in [0.1, 0.15) is 0 Å². The smallest absolute Gasteiger partial charge is 0.227 e. The third kappa shape index (κ3) is 1.63. The first-order valence-corrected chi connectivity index (χ1v) is 4.09. The van der Waals surface area contributed by atoms with E-state index in [2.05, 4.69) is 20.4 Å². The third-order valence-corrected chi connectivity index (χ3v) is 1.67. The molecule has 0 spiro atoms. The predicted molar refractivity (Wildman–Crippen MR) is 52.9 cm³/mol. The first-order chi connectivity index (χ1) is 6.75. The number of nitrogens with one attached hydrogen (secondary N) is 1. The summed E-state index contributed by atoms with van der Waals surface area (Å²) in [6, 6.07) is 1.75. The van der Waals surface area contributed by atoms with Crippen LogP contribution in [0.25, 0.3) is 0 Å². The first kappa shape index (κ1) is 8.49. The van der Waals surface area contributed by atoms with Gasteiger partial charge in [-0.05, 0) is 6.07 Å². The van der Waals surface area contributed by atoms with Gasteiger partial charge in [-0.25, -0.2) is 9.97 Å². The van der Waals surface area contributed by atoms with E-state index in [1.54, 1.807) is 36.4 Å². The van der Waals surface area contributed by atoms with E-state index in [9.17, 15) is 0 Å². The Bertz CT molecular complexity index is 421. The highest BCUT2D eigenvalue weighted by atomic mass is 15.3. The maximum absolute atomic E-state index is 5.64. The van der Waals surface area contributed by atoms with Gasteiger partial charge in [0, 0.05) is 19.4 Å². The predicted octanol–water partition coefficient (Wildman–Crippen LogP) is 0.536. The SMILES string of the molecule is Cn1cc(Nc2ncccn2)c(N)n1. The van der Waals surface area contributed by atoms with E-state index in [1.165, 1.54) is 0 Å². The van der Waals surface area contributed by atoms with Crippen molar-refractivity contribution in [2.45, 2.75) is 0 Å². The molecule has 0 fully saturated rings. The average molecular weight is 190 g/mol. The van der Waals surface area contributed by atoms with Crippen molar-refractivity contribution in [1.82, 2.24) is 19.7 Å². The number of nitrogen functional groups attached to an aromatic ring is 1. The number of nitrogens with two attached hydrogens (primary N) is 1. The number of aryl methyl sites for hydroxylation is 1. The Hall–Kier alpha value is -2.11. The second-order valence-electron chi connectivity index (χ2n) is 2.80. The highest BCUT2D eigenvalue weighted by Gasteiger charge is 2.04. The number of aromatic nitrogens is 4. The Labute approximate surface area is 80.8 Å². The zero-order valence-corrected chi connectivity index (χ0v) is 7.68. The van der Waals surface area contributed by atoms with Gasteiger partial charge in [0.2, 0.25) is 5.95 Å². The monoisotopic (exact) mass is 190 g/mol. The average Bonchev–Trinajstić information content (AvgIpc) is 2.47. The first-order valence-electron chi connectivity index (χ1n) is 4.09. The van der Waals surface area contributed by atoms with E-state index in [0.717, 1.165) is 0 Å². The lowest BCUT2D eigenvalue weighted by Crippen LogP contribution is -1.97. The molecule has 0 aliphatic rings. The van der Waals surface area contributed by atoms with Gasteiger partial charge in [0.25, 0.3) is 0 Å². The molecule has 2 aromatic rings. The minimum Gasteiger partial charge on any atom is -0.380 e. The standard InChI is InChI=1S/C8H10N6/c1-14-5-6(7(9)13-14)12-8-10-3-2-4-11-8/h2-5H,1H3,(H2,9,13)(H,10,11,12). The lowest BCUT2D eigenvalue weighted by Gasteiger charge is -2.00. The molecule has 6 heteroatoms. The normalized spacial score (nSPS) is 10.1. The molecule has 0 aliphatic carbocycles. The maximum atomic E-state index is 5.64. The number of nitrogens with zero attached hydrogens (tertiary/aromatic N) is 4. The van der Waals surface area contributed by atoms with Crippen molar-refractivity contribution >= 4 is 17.5 Å². The third-order valence-electron chi connectivity index (χ3n) is 1.67. The van der Waals surface area contributed by atoms with Crippen LogP contribution in [0, 0.1) is 0 Å². The Morgan fingerprint density at radius 3 is 2.64 bits per heavy atom. The number of hydrogen-bond donors (Lipinski definition) is 2. The fraction of sp³-hybridized carbons (Fsp3) is 0.125. The molecule has 0 atom stereocenters. The molecule has 2 rings (SSSR count). The van der Waals surface area contributed by atoms with Crippen molar-refractivity contribution in [2.75, 3.05) is 11.1 Å². The van der Waals surface area contributed by atoms with Crippen molar-refractivity contribution in [3.63, 3.8) is 0 Å². The van der Waals surface area contributed by atoms with Crippen LogP contribution in [-0.4, -0.2) is 19.7 Å². The molecule has 0 saturated heterocycles. The number of hydrogen-bond acceptors (Lipinski definition) is 5. The summed E-state index contributed by atoms with van der Waals surface area (Å²) in [4.78, 5) is 8.02. The Kier molecular flexibility index (Phi) is 2.02. The molecule has 0 aliphatic heterocycles. The Morgan fingerprint density at radius 2 is 2.07 bits per heavy atom. The van der Waals surface area contributed by atoms with Gasteiger partial charge in [-0.2, -0.15) is 5.10 Å².